The number of carbonyl (C=O) groups excluding carboxylic acids is 1. The van der Waals surface area contributed by atoms with Crippen LogP contribution in [0, 0.1) is 0 Å². The zero-order valence-electron chi connectivity index (χ0n) is 17.4. The average Bonchev–Trinajstić information content (AvgIpc) is 2.68. The van der Waals surface area contributed by atoms with Crippen LogP contribution in [0.2, 0.25) is 0 Å². The van der Waals surface area contributed by atoms with Crippen molar-refractivity contribution in [2.45, 2.75) is 13.1 Å². The summed E-state index contributed by atoms with van der Waals surface area (Å²) in [5.41, 5.74) is 0. The van der Waals surface area contributed by atoms with Crippen molar-refractivity contribution < 1.29 is 55.9 Å². The molecule has 0 bridgehead atoms. The minimum absolute atomic E-state index is 0.0810. The van der Waals surface area contributed by atoms with Gasteiger partial charge < -0.3 is 37.9 Å². The van der Waals surface area contributed by atoms with Gasteiger partial charge in [-0.05, 0) is 6.92 Å². The highest BCUT2D eigenvalue weighted by Gasteiger charge is 2.27. The van der Waals surface area contributed by atoms with Crippen LogP contribution in [0.25, 0.3) is 0 Å². The molecule has 0 aromatic heterocycles. The molecule has 0 aliphatic carbocycles. The molecule has 0 aliphatic heterocycles. The Hall–Kier alpha value is -1.02. The summed E-state index contributed by atoms with van der Waals surface area (Å²) in [5.74, 6) is -0.395. The molecular weight excluding hydrogens is 417 g/mol. The molecule has 0 saturated carbocycles. The molecule has 0 spiro atoms. The minimum Gasteiger partial charge on any atom is -0.464 e. The zero-order chi connectivity index (χ0) is 22.3. The lowest BCUT2D eigenvalue weighted by Crippen LogP contribution is -2.19. The number of alkyl halides is 3. The summed E-state index contributed by atoms with van der Waals surface area (Å²) in [6.45, 7) is 4.37. The maximum atomic E-state index is 11.8. The summed E-state index contributed by atoms with van der Waals surface area (Å²) in [4.78, 5) is 11.0. The fraction of sp³-hybridized carbons (Fsp3) is 0.944. The van der Waals surface area contributed by atoms with E-state index in [1.54, 1.807) is 6.92 Å². The molecule has 0 rings (SSSR count). The monoisotopic (exact) mass is 450 g/mol. The second-order valence-electron chi connectivity index (χ2n) is 5.59. The molecule has 0 heterocycles. The number of halogens is 3. The van der Waals surface area contributed by atoms with Gasteiger partial charge in [-0.25, -0.2) is 4.79 Å². The van der Waals surface area contributed by atoms with E-state index < -0.39 is 18.8 Å². The van der Waals surface area contributed by atoms with Gasteiger partial charge in [0.1, 0.15) is 13.2 Å². The van der Waals surface area contributed by atoms with Crippen molar-refractivity contribution in [1.82, 2.24) is 0 Å². The van der Waals surface area contributed by atoms with E-state index >= 15 is 0 Å². The molecule has 0 fully saturated rings. The highest BCUT2D eigenvalue weighted by atomic mass is 19.4. The normalized spacial score (nSPS) is 11.7. The Morgan fingerprint density at radius 1 is 0.600 bits per heavy atom. The fourth-order valence-electron chi connectivity index (χ4n) is 1.76. The van der Waals surface area contributed by atoms with Crippen molar-refractivity contribution in [1.29, 1.82) is 0 Å². The van der Waals surface area contributed by atoms with Gasteiger partial charge >= 0.3 is 12.1 Å². The van der Waals surface area contributed by atoms with E-state index in [1.807, 2.05) is 0 Å². The van der Waals surface area contributed by atoms with Crippen LogP contribution in [0.1, 0.15) is 6.92 Å². The van der Waals surface area contributed by atoms with E-state index in [-0.39, 0.29) is 26.4 Å². The molecule has 0 amide bonds. The van der Waals surface area contributed by atoms with Gasteiger partial charge in [-0.2, -0.15) is 13.2 Å². The topological polar surface area (TPSA) is 90.9 Å². The van der Waals surface area contributed by atoms with Crippen LogP contribution in [-0.4, -0.2) is 111 Å². The highest BCUT2D eigenvalue weighted by molar-refractivity contribution is 5.70. The Bertz CT molecular complexity index is 384. The first-order chi connectivity index (χ1) is 14.5. The molecule has 0 saturated heterocycles. The summed E-state index contributed by atoms with van der Waals surface area (Å²) in [6, 6.07) is 0. The second kappa shape index (κ2) is 21.2. The molecule has 0 radical (unpaired) electrons. The summed E-state index contributed by atoms with van der Waals surface area (Å²) >= 11 is 0. The van der Waals surface area contributed by atoms with Gasteiger partial charge in [0.2, 0.25) is 0 Å². The van der Waals surface area contributed by atoms with E-state index in [2.05, 4.69) is 4.74 Å². The summed E-state index contributed by atoms with van der Waals surface area (Å²) in [6.07, 6.45) is -4.31. The molecule has 30 heavy (non-hydrogen) atoms. The van der Waals surface area contributed by atoms with Gasteiger partial charge in [-0.1, -0.05) is 0 Å². The number of ether oxygens (including phenoxy) is 8. The van der Waals surface area contributed by atoms with Gasteiger partial charge in [-0.15, -0.1) is 0 Å². The van der Waals surface area contributed by atoms with Crippen molar-refractivity contribution in [2.75, 3.05) is 99.1 Å². The molecule has 180 valence electrons. The lowest BCUT2D eigenvalue weighted by atomic mass is 10.6. The molecule has 0 aromatic carbocycles. The first kappa shape index (κ1) is 29.0. The van der Waals surface area contributed by atoms with E-state index in [0.717, 1.165) is 0 Å². The number of hydrogen-bond donors (Lipinski definition) is 0. The van der Waals surface area contributed by atoms with Crippen LogP contribution in [0.5, 0.6) is 0 Å². The molecular formula is C18H33F3O9. The average molecular weight is 450 g/mol. The maximum Gasteiger partial charge on any atom is 0.411 e. The third-order valence-corrected chi connectivity index (χ3v) is 3.02. The van der Waals surface area contributed by atoms with Crippen LogP contribution in [0.15, 0.2) is 0 Å². The lowest BCUT2D eigenvalue weighted by Gasteiger charge is -2.09. The van der Waals surface area contributed by atoms with Crippen molar-refractivity contribution in [2.24, 2.45) is 0 Å². The maximum absolute atomic E-state index is 11.8. The smallest absolute Gasteiger partial charge is 0.411 e. The minimum atomic E-state index is -4.31. The molecule has 0 unspecified atom stereocenters. The van der Waals surface area contributed by atoms with Crippen LogP contribution in [0.4, 0.5) is 13.2 Å². The van der Waals surface area contributed by atoms with Crippen molar-refractivity contribution in [3.8, 4) is 0 Å². The third-order valence-electron chi connectivity index (χ3n) is 3.02. The number of rotatable bonds is 22. The predicted molar refractivity (Wildman–Crippen MR) is 98.4 cm³/mol. The van der Waals surface area contributed by atoms with Crippen LogP contribution < -0.4 is 0 Å². The molecule has 0 aromatic rings. The Morgan fingerprint density at radius 3 is 1.27 bits per heavy atom. The van der Waals surface area contributed by atoms with Gasteiger partial charge in [0.15, 0.2) is 0 Å². The molecule has 0 aliphatic rings. The lowest BCUT2D eigenvalue weighted by molar-refractivity contribution is -0.176. The van der Waals surface area contributed by atoms with Crippen molar-refractivity contribution >= 4 is 5.97 Å². The van der Waals surface area contributed by atoms with E-state index in [0.29, 0.717) is 66.1 Å². The Balaban J connectivity index is 3.07. The highest BCUT2D eigenvalue weighted by Crippen LogP contribution is 2.13. The molecule has 0 N–H and O–H groups in total. The molecule has 9 nitrogen and oxygen atoms in total. The van der Waals surface area contributed by atoms with Crippen LogP contribution >= 0.6 is 0 Å². The Kier molecular flexibility index (Phi) is 20.5. The van der Waals surface area contributed by atoms with Gasteiger partial charge in [0.25, 0.3) is 0 Å². The summed E-state index contributed by atoms with van der Waals surface area (Å²) in [7, 11) is 0. The van der Waals surface area contributed by atoms with Crippen LogP contribution in [0.3, 0.4) is 0 Å². The van der Waals surface area contributed by atoms with Crippen LogP contribution in [-0.2, 0) is 42.7 Å². The van der Waals surface area contributed by atoms with E-state index in [4.69, 9.17) is 33.2 Å². The number of carbonyl (C=O) groups is 1. The van der Waals surface area contributed by atoms with E-state index in [1.165, 1.54) is 0 Å². The van der Waals surface area contributed by atoms with Gasteiger partial charge in [-0.3, -0.25) is 0 Å². The fourth-order valence-corrected chi connectivity index (χ4v) is 1.76. The molecule has 12 heteroatoms. The largest absolute Gasteiger partial charge is 0.464 e. The van der Waals surface area contributed by atoms with Gasteiger partial charge in [0, 0.05) is 0 Å². The number of hydrogen-bond acceptors (Lipinski definition) is 9. The Labute approximate surface area is 175 Å². The number of esters is 1. The van der Waals surface area contributed by atoms with Crippen molar-refractivity contribution in [3.05, 3.63) is 0 Å². The summed E-state index contributed by atoms with van der Waals surface area (Å²) < 4.78 is 75.8. The third kappa shape index (κ3) is 25.0. The molecule has 0 atom stereocenters. The second-order valence-corrected chi connectivity index (χ2v) is 5.59. The standard InChI is InChI=1S/C18H33F3O9/c1-2-30-17(22)15-28-13-11-26-9-7-24-5-3-23-4-6-25-8-10-27-12-14-29-16-18(19,20)21/h2-16H2,1H3. The zero-order valence-corrected chi connectivity index (χ0v) is 17.4. The SMILES string of the molecule is CCOC(=O)COCCOCCOCCOCCOCCOCCOCC(F)(F)F. The first-order valence-electron chi connectivity index (χ1n) is 9.72. The first-order valence-corrected chi connectivity index (χ1v) is 9.72. The van der Waals surface area contributed by atoms with E-state index in [9.17, 15) is 18.0 Å². The van der Waals surface area contributed by atoms with Crippen molar-refractivity contribution in [3.63, 3.8) is 0 Å². The Morgan fingerprint density at radius 2 is 0.933 bits per heavy atom. The van der Waals surface area contributed by atoms with Gasteiger partial charge in [0.05, 0.1) is 85.9 Å². The predicted octanol–water partition coefficient (Wildman–Crippen LogP) is 1.23. The quantitative estimate of drug-likeness (QED) is 0.178. The summed E-state index contributed by atoms with van der Waals surface area (Å²) in [5, 5.41) is 0.